The van der Waals surface area contributed by atoms with E-state index in [0.717, 1.165) is 12.0 Å². The van der Waals surface area contributed by atoms with Crippen LogP contribution in [0.25, 0.3) is 0 Å². The van der Waals surface area contributed by atoms with Gasteiger partial charge in [0.25, 0.3) is 0 Å². The summed E-state index contributed by atoms with van der Waals surface area (Å²) < 4.78 is 0. The summed E-state index contributed by atoms with van der Waals surface area (Å²) in [5, 5.41) is 0. The van der Waals surface area contributed by atoms with E-state index in [0.29, 0.717) is 12.4 Å². The van der Waals surface area contributed by atoms with Gasteiger partial charge in [-0.2, -0.15) is 0 Å². The van der Waals surface area contributed by atoms with Crippen molar-refractivity contribution in [1.29, 1.82) is 0 Å². The topological polar surface area (TPSA) is 51.3 Å². The van der Waals surface area contributed by atoms with Crippen LogP contribution in [-0.2, 0) is 6.54 Å². The zero-order chi connectivity index (χ0) is 8.81. The first kappa shape index (κ1) is 8.71. The van der Waals surface area contributed by atoms with E-state index in [9.17, 15) is 0 Å². The first-order chi connectivity index (χ1) is 5.83. The Bertz CT molecular complexity index is 254. The summed E-state index contributed by atoms with van der Waals surface area (Å²) >= 11 is 0. The van der Waals surface area contributed by atoms with Gasteiger partial charge in [-0.25, -0.2) is 0 Å². The third-order valence-electron chi connectivity index (χ3n) is 1.55. The summed E-state index contributed by atoms with van der Waals surface area (Å²) in [4.78, 5) is 8.15. The van der Waals surface area contributed by atoms with Crippen LogP contribution >= 0.6 is 0 Å². The molecule has 0 aliphatic rings. The second-order valence-electron chi connectivity index (χ2n) is 2.52. The minimum absolute atomic E-state index is 0.632. The fourth-order valence-corrected chi connectivity index (χ4v) is 0.796. The van der Waals surface area contributed by atoms with Crippen molar-refractivity contribution in [3.63, 3.8) is 0 Å². The van der Waals surface area contributed by atoms with Crippen LogP contribution in [0.2, 0.25) is 0 Å². The van der Waals surface area contributed by atoms with Crippen LogP contribution in [0.1, 0.15) is 18.9 Å². The van der Waals surface area contributed by atoms with Crippen LogP contribution in [0.3, 0.4) is 0 Å². The Labute approximate surface area is 72.3 Å². The van der Waals surface area contributed by atoms with Gasteiger partial charge in [0.05, 0.1) is 12.4 Å². The lowest BCUT2D eigenvalue weighted by molar-refractivity contribution is 1.02. The van der Waals surface area contributed by atoms with Crippen LogP contribution < -0.4 is 5.73 Å². The van der Waals surface area contributed by atoms with E-state index in [4.69, 9.17) is 5.73 Å². The van der Waals surface area contributed by atoms with Crippen molar-refractivity contribution in [1.82, 2.24) is 4.98 Å². The minimum Gasteiger partial charge on any atom is -0.387 e. The average molecular weight is 163 g/mol. The highest BCUT2D eigenvalue weighted by molar-refractivity contribution is 5.79. The second-order valence-corrected chi connectivity index (χ2v) is 2.52. The number of nitrogens with two attached hydrogens (primary N) is 1. The van der Waals surface area contributed by atoms with Gasteiger partial charge in [0.1, 0.15) is 0 Å². The summed E-state index contributed by atoms with van der Waals surface area (Å²) in [5.41, 5.74) is 6.64. The zero-order valence-electron chi connectivity index (χ0n) is 7.20. The highest BCUT2D eigenvalue weighted by atomic mass is 14.8. The third kappa shape index (κ3) is 2.70. The largest absolute Gasteiger partial charge is 0.387 e. The monoisotopic (exact) mass is 163 g/mol. The molecule has 1 aromatic heterocycles. The van der Waals surface area contributed by atoms with Crippen LogP contribution in [-0.4, -0.2) is 10.8 Å². The maximum Gasteiger partial charge on any atom is 0.0938 e. The SMILES string of the molecule is CCC(N)=NCc1cccnc1. The molecule has 0 aromatic carbocycles. The maximum atomic E-state index is 5.55. The van der Waals surface area contributed by atoms with E-state index in [1.54, 1.807) is 12.4 Å². The van der Waals surface area contributed by atoms with Gasteiger partial charge >= 0.3 is 0 Å². The molecule has 1 rings (SSSR count). The summed E-state index contributed by atoms with van der Waals surface area (Å²) in [6, 6.07) is 3.88. The van der Waals surface area contributed by atoms with Gasteiger partial charge in [0, 0.05) is 18.8 Å². The van der Waals surface area contributed by atoms with Crippen LogP contribution in [0.5, 0.6) is 0 Å². The average Bonchev–Trinajstić information content (AvgIpc) is 2.16. The quantitative estimate of drug-likeness (QED) is 0.540. The Kier molecular flexibility index (Phi) is 3.26. The van der Waals surface area contributed by atoms with Crippen molar-refractivity contribution in [2.45, 2.75) is 19.9 Å². The van der Waals surface area contributed by atoms with Crippen molar-refractivity contribution in [3.8, 4) is 0 Å². The Morgan fingerprint density at radius 1 is 1.67 bits per heavy atom. The van der Waals surface area contributed by atoms with E-state index in [2.05, 4.69) is 9.98 Å². The molecule has 0 aliphatic heterocycles. The smallest absolute Gasteiger partial charge is 0.0938 e. The normalized spacial score (nSPS) is 11.6. The number of rotatable bonds is 3. The van der Waals surface area contributed by atoms with Crippen LogP contribution in [0, 0.1) is 0 Å². The van der Waals surface area contributed by atoms with Crippen LogP contribution in [0.4, 0.5) is 0 Å². The Balaban J connectivity index is 2.54. The third-order valence-corrected chi connectivity index (χ3v) is 1.55. The van der Waals surface area contributed by atoms with E-state index < -0.39 is 0 Å². The highest BCUT2D eigenvalue weighted by Crippen LogP contribution is 1.97. The summed E-state index contributed by atoms with van der Waals surface area (Å²) in [7, 11) is 0. The molecule has 0 fully saturated rings. The number of amidine groups is 1. The molecule has 1 heterocycles. The van der Waals surface area contributed by atoms with Crippen molar-refractivity contribution >= 4 is 5.84 Å². The van der Waals surface area contributed by atoms with Crippen molar-refractivity contribution in [2.24, 2.45) is 10.7 Å². The van der Waals surface area contributed by atoms with E-state index >= 15 is 0 Å². The fraction of sp³-hybridized carbons (Fsp3) is 0.333. The summed E-state index contributed by atoms with van der Waals surface area (Å²) in [6.07, 6.45) is 4.35. The van der Waals surface area contributed by atoms with E-state index in [1.165, 1.54) is 0 Å². The maximum absolute atomic E-state index is 5.55. The van der Waals surface area contributed by atoms with E-state index in [-0.39, 0.29) is 0 Å². The Hall–Kier alpha value is -1.38. The van der Waals surface area contributed by atoms with Gasteiger partial charge in [-0.05, 0) is 11.6 Å². The Morgan fingerprint density at radius 2 is 2.50 bits per heavy atom. The lowest BCUT2D eigenvalue weighted by atomic mass is 10.3. The molecule has 3 heteroatoms. The standard InChI is InChI=1S/C9H13N3/c1-2-9(10)12-7-8-4-3-5-11-6-8/h3-6H,2,7H2,1H3,(H2,10,12). The molecule has 0 amide bonds. The number of pyridine rings is 1. The lowest BCUT2D eigenvalue weighted by Gasteiger charge is -1.96. The van der Waals surface area contributed by atoms with Gasteiger partial charge in [0.2, 0.25) is 0 Å². The zero-order valence-corrected chi connectivity index (χ0v) is 7.20. The molecule has 12 heavy (non-hydrogen) atoms. The van der Waals surface area contributed by atoms with Crippen molar-refractivity contribution in [3.05, 3.63) is 30.1 Å². The second kappa shape index (κ2) is 4.49. The number of aliphatic imine (C=N–C) groups is 1. The highest BCUT2D eigenvalue weighted by Gasteiger charge is 1.89. The number of hydrogen-bond acceptors (Lipinski definition) is 2. The Morgan fingerprint density at radius 3 is 3.08 bits per heavy atom. The summed E-state index contributed by atoms with van der Waals surface area (Å²) in [5.74, 6) is 0.693. The molecule has 0 atom stereocenters. The van der Waals surface area contributed by atoms with Crippen LogP contribution in [0.15, 0.2) is 29.5 Å². The lowest BCUT2D eigenvalue weighted by Crippen LogP contribution is -2.09. The van der Waals surface area contributed by atoms with Crippen molar-refractivity contribution in [2.75, 3.05) is 0 Å². The van der Waals surface area contributed by atoms with Gasteiger partial charge in [-0.15, -0.1) is 0 Å². The molecule has 0 spiro atoms. The molecule has 0 bridgehead atoms. The molecule has 1 aromatic rings. The fourth-order valence-electron chi connectivity index (χ4n) is 0.796. The molecule has 0 unspecified atom stereocenters. The minimum atomic E-state index is 0.632. The predicted octanol–water partition coefficient (Wildman–Crippen LogP) is 1.35. The summed E-state index contributed by atoms with van der Waals surface area (Å²) in [6.45, 7) is 2.62. The number of hydrogen-bond donors (Lipinski definition) is 1. The molecule has 0 saturated heterocycles. The molecular weight excluding hydrogens is 150 g/mol. The molecule has 2 N–H and O–H groups in total. The number of aromatic nitrogens is 1. The molecule has 0 saturated carbocycles. The van der Waals surface area contributed by atoms with E-state index in [1.807, 2.05) is 19.1 Å². The van der Waals surface area contributed by atoms with Gasteiger partial charge in [-0.3, -0.25) is 9.98 Å². The molecule has 3 nitrogen and oxygen atoms in total. The molecule has 0 radical (unpaired) electrons. The first-order valence-electron chi connectivity index (χ1n) is 4.00. The van der Waals surface area contributed by atoms with Gasteiger partial charge in [0.15, 0.2) is 0 Å². The van der Waals surface area contributed by atoms with Gasteiger partial charge in [-0.1, -0.05) is 13.0 Å². The first-order valence-corrected chi connectivity index (χ1v) is 4.00. The number of nitrogens with zero attached hydrogens (tertiary/aromatic N) is 2. The van der Waals surface area contributed by atoms with Crippen molar-refractivity contribution < 1.29 is 0 Å². The molecule has 0 aliphatic carbocycles. The molecular formula is C9H13N3. The molecule has 64 valence electrons. The van der Waals surface area contributed by atoms with Gasteiger partial charge < -0.3 is 5.73 Å². The predicted molar refractivity (Wildman–Crippen MR) is 49.9 cm³/mol.